The van der Waals surface area contributed by atoms with Crippen LogP contribution in [0.1, 0.15) is 27.4 Å². The molecule has 1 aliphatic rings. The van der Waals surface area contributed by atoms with E-state index < -0.39 is 16.7 Å². The Hall–Kier alpha value is -1.60. The Balaban J connectivity index is 2.06. The number of nitrogens with two attached hydrogens (primary N) is 1. The van der Waals surface area contributed by atoms with Gasteiger partial charge in [0.15, 0.2) is 5.01 Å². The van der Waals surface area contributed by atoms with E-state index in [0.29, 0.717) is 28.4 Å². The lowest BCUT2D eigenvalue weighted by Gasteiger charge is -2.24. The second kappa shape index (κ2) is 4.71. The summed E-state index contributed by atoms with van der Waals surface area (Å²) < 4.78 is 43.3. The lowest BCUT2D eigenvalue weighted by Crippen LogP contribution is -2.34. The average Bonchev–Trinajstić information content (AvgIpc) is 3.05. The van der Waals surface area contributed by atoms with Gasteiger partial charge >= 0.3 is 6.18 Å². The summed E-state index contributed by atoms with van der Waals surface area (Å²) in [5.41, 5.74) is 7.35. The van der Waals surface area contributed by atoms with E-state index in [2.05, 4.69) is 4.98 Å². The molecule has 112 valence electrons. The van der Waals surface area contributed by atoms with Crippen molar-refractivity contribution in [1.29, 1.82) is 0 Å². The van der Waals surface area contributed by atoms with E-state index in [-0.39, 0.29) is 0 Å². The number of methoxy groups -OCH3 is 1. The summed E-state index contributed by atoms with van der Waals surface area (Å²) in [7, 11) is 1.54. The first-order valence-corrected chi connectivity index (χ1v) is 7.16. The quantitative estimate of drug-likeness (QED) is 0.925. The van der Waals surface area contributed by atoms with E-state index >= 15 is 0 Å². The first-order valence-electron chi connectivity index (χ1n) is 6.34. The predicted octanol–water partition coefficient (Wildman–Crippen LogP) is 3.32. The summed E-state index contributed by atoms with van der Waals surface area (Å²) in [6.45, 7) is 0. The molecule has 1 aromatic heterocycles. The zero-order valence-corrected chi connectivity index (χ0v) is 12.0. The molecule has 1 aromatic carbocycles. The molecule has 3 nitrogen and oxygen atoms in total. The van der Waals surface area contributed by atoms with Crippen molar-refractivity contribution in [3.63, 3.8) is 0 Å². The van der Waals surface area contributed by atoms with Gasteiger partial charge in [0.05, 0.1) is 12.6 Å². The number of fused-ring (bicyclic) bond motifs is 1. The van der Waals surface area contributed by atoms with Crippen LogP contribution in [0.3, 0.4) is 0 Å². The number of aryl methyl sites for hydroxylation is 1. The Bertz CT molecular complexity index is 683. The van der Waals surface area contributed by atoms with Gasteiger partial charge in [-0.1, -0.05) is 6.07 Å². The monoisotopic (exact) mass is 314 g/mol. The normalized spacial score (nSPS) is 21.4. The SMILES string of the molecule is COc1ccc2c(c1)C(N)(c1cnc(C(F)(F)F)s1)CC2. The molecule has 21 heavy (non-hydrogen) atoms. The van der Waals surface area contributed by atoms with Gasteiger partial charge in [0.1, 0.15) is 5.75 Å². The highest BCUT2D eigenvalue weighted by molar-refractivity contribution is 7.11. The van der Waals surface area contributed by atoms with E-state index in [0.717, 1.165) is 17.5 Å². The van der Waals surface area contributed by atoms with Gasteiger partial charge in [0.2, 0.25) is 0 Å². The number of benzene rings is 1. The van der Waals surface area contributed by atoms with Gasteiger partial charge in [-0.25, -0.2) is 4.98 Å². The first kappa shape index (κ1) is 14.3. The fourth-order valence-corrected chi connectivity index (χ4v) is 3.58. The number of halogens is 3. The van der Waals surface area contributed by atoms with Crippen molar-refractivity contribution < 1.29 is 17.9 Å². The minimum atomic E-state index is -4.44. The molecular weight excluding hydrogens is 301 g/mol. The van der Waals surface area contributed by atoms with Gasteiger partial charge in [-0.15, -0.1) is 11.3 Å². The largest absolute Gasteiger partial charge is 0.497 e. The molecule has 0 bridgehead atoms. The van der Waals surface area contributed by atoms with Crippen LogP contribution in [0.2, 0.25) is 0 Å². The van der Waals surface area contributed by atoms with Crippen molar-refractivity contribution in [2.45, 2.75) is 24.6 Å². The molecule has 0 amide bonds. The van der Waals surface area contributed by atoms with E-state index in [4.69, 9.17) is 10.5 Å². The van der Waals surface area contributed by atoms with Gasteiger partial charge in [-0.3, -0.25) is 0 Å². The third kappa shape index (κ3) is 2.30. The van der Waals surface area contributed by atoms with Gasteiger partial charge in [-0.2, -0.15) is 13.2 Å². The molecule has 3 rings (SSSR count). The van der Waals surface area contributed by atoms with Gasteiger partial charge in [0, 0.05) is 11.1 Å². The predicted molar refractivity (Wildman–Crippen MR) is 73.4 cm³/mol. The lowest BCUT2D eigenvalue weighted by molar-refractivity contribution is -0.137. The van der Waals surface area contributed by atoms with Crippen molar-refractivity contribution in [3.8, 4) is 5.75 Å². The molecule has 7 heteroatoms. The third-order valence-corrected chi connectivity index (χ3v) is 4.99. The van der Waals surface area contributed by atoms with E-state index in [1.54, 1.807) is 13.2 Å². The van der Waals surface area contributed by atoms with Crippen molar-refractivity contribution in [2.75, 3.05) is 7.11 Å². The highest BCUT2D eigenvalue weighted by Crippen LogP contribution is 2.45. The second-order valence-electron chi connectivity index (χ2n) is 5.02. The lowest BCUT2D eigenvalue weighted by atomic mass is 9.91. The van der Waals surface area contributed by atoms with Crippen LogP contribution in [0.5, 0.6) is 5.75 Å². The number of aromatic nitrogens is 1. The Kier molecular flexibility index (Phi) is 3.22. The standard InChI is InChI=1S/C14H13F3N2OS/c1-20-9-3-2-8-4-5-13(18,10(8)6-9)11-7-19-12(21-11)14(15,16)17/h2-3,6-7H,4-5,18H2,1H3. The molecule has 2 aromatic rings. The maximum Gasteiger partial charge on any atom is 0.443 e. The van der Waals surface area contributed by atoms with Crippen molar-refractivity contribution in [3.05, 3.63) is 45.4 Å². The number of rotatable bonds is 2. The molecule has 0 saturated heterocycles. The zero-order chi connectivity index (χ0) is 15.3. The number of hydrogen-bond donors (Lipinski definition) is 1. The van der Waals surface area contributed by atoms with Crippen molar-refractivity contribution >= 4 is 11.3 Å². The number of alkyl halides is 3. The Morgan fingerprint density at radius 3 is 2.76 bits per heavy atom. The van der Waals surface area contributed by atoms with Crippen molar-refractivity contribution in [2.24, 2.45) is 5.73 Å². The van der Waals surface area contributed by atoms with Crippen LogP contribution in [-0.2, 0) is 18.1 Å². The number of nitrogens with zero attached hydrogens (tertiary/aromatic N) is 1. The zero-order valence-electron chi connectivity index (χ0n) is 11.2. The molecular formula is C14H13F3N2OS. The fraction of sp³-hybridized carbons (Fsp3) is 0.357. The van der Waals surface area contributed by atoms with E-state index in [1.807, 2.05) is 12.1 Å². The van der Waals surface area contributed by atoms with Crippen LogP contribution in [-0.4, -0.2) is 12.1 Å². The van der Waals surface area contributed by atoms with Crippen molar-refractivity contribution in [1.82, 2.24) is 4.98 Å². The topological polar surface area (TPSA) is 48.1 Å². The summed E-state index contributed by atoms with van der Waals surface area (Å²) >= 11 is 0.611. The highest BCUT2D eigenvalue weighted by atomic mass is 32.1. The molecule has 0 aliphatic heterocycles. The smallest absolute Gasteiger partial charge is 0.443 e. The fourth-order valence-electron chi connectivity index (χ4n) is 2.65. The molecule has 0 saturated carbocycles. The van der Waals surface area contributed by atoms with Crippen LogP contribution in [0, 0.1) is 0 Å². The minimum Gasteiger partial charge on any atom is -0.497 e. The van der Waals surface area contributed by atoms with Crippen LogP contribution < -0.4 is 10.5 Å². The van der Waals surface area contributed by atoms with E-state index in [9.17, 15) is 13.2 Å². The molecule has 0 fully saturated rings. The Morgan fingerprint density at radius 2 is 2.14 bits per heavy atom. The third-order valence-electron chi connectivity index (χ3n) is 3.77. The number of thiazole rings is 1. The van der Waals surface area contributed by atoms with Gasteiger partial charge in [0.25, 0.3) is 0 Å². The molecule has 1 aliphatic carbocycles. The molecule has 0 radical (unpaired) electrons. The minimum absolute atomic E-state index is 0.432. The first-order chi connectivity index (χ1) is 9.84. The Morgan fingerprint density at radius 1 is 1.38 bits per heavy atom. The van der Waals surface area contributed by atoms with Crippen LogP contribution >= 0.6 is 11.3 Å². The second-order valence-corrected chi connectivity index (χ2v) is 6.05. The average molecular weight is 314 g/mol. The van der Waals surface area contributed by atoms with E-state index in [1.165, 1.54) is 6.20 Å². The molecule has 1 heterocycles. The summed E-state index contributed by atoms with van der Waals surface area (Å²) in [4.78, 5) is 3.91. The summed E-state index contributed by atoms with van der Waals surface area (Å²) in [5, 5.41) is -0.862. The van der Waals surface area contributed by atoms with Crippen LogP contribution in [0.25, 0.3) is 0 Å². The summed E-state index contributed by atoms with van der Waals surface area (Å²) in [6, 6.07) is 5.54. The number of hydrogen-bond acceptors (Lipinski definition) is 4. The van der Waals surface area contributed by atoms with Gasteiger partial charge < -0.3 is 10.5 Å². The maximum absolute atomic E-state index is 12.7. The summed E-state index contributed by atoms with van der Waals surface area (Å²) in [6.07, 6.45) is -1.90. The molecule has 2 N–H and O–H groups in total. The van der Waals surface area contributed by atoms with Crippen LogP contribution in [0.4, 0.5) is 13.2 Å². The Labute approximate surface area is 123 Å². The number of ether oxygens (including phenoxy) is 1. The van der Waals surface area contributed by atoms with Gasteiger partial charge in [-0.05, 0) is 36.1 Å². The highest BCUT2D eigenvalue weighted by Gasteiger charge is 2.41. The molecule has 0 spiro atoms. The maximum atomic E-state index is 12.7. The molecule has 1 unspecified atom stereocenters. The summed E-state index contributed by atoms with van der Waals surface area (Å²) in [5.74, 6) is 0.644. The van der Waals surface area contributed by atoms with Crippen LogP contribution in [0.15, 0.2) is 24.4 Å². The molecule has 1 atom stereocenters.